The minimum Gasteiger partial charge on any atom is -0.352 e. The fourth-order valence-corrected chi connectivity index (χ4v) is 3.31. The fourth-order valence-electron chi connectivity index (χ4n) is 2.24. The van der Waals surface area contributed by atoms with Crippen LogP contribution in [0.2, 0.25) is 5.02 Å². The third-order valence-corrected chi connectivity index (χ3v) is 4.60. The van der Waals surface area contributed by atoms with E-state index in [1.807, 2.05) is 23.5 Å². The molecule has 1 aliphatic heterocycles. The first-order valence-electron chi connectivity index (χ1n) is 5.93. The molecule has 0 saturated carbocycles. The summed E-state index contributed by atoms with van der Waals surface area (Å²) in [7, 11) is 0. The van der Waals surface area contributed by atoms with Gasteiger partial charge < -0.3 is 10.6 Å². The van der Waals surface area contributed by atoms with Crippen molar-refractivity contribution in [3.63, 3.8) is 0 Å². The quantitative estimate of drug-likeness (QED) is 0.919. The summed E-state index contributed by atoms with van der Waals surface area (Å²) in [5.74, 6) is 0.969. The smallest absolute Gasteiger partial charge is 0.129 e. The van der Waals surface area contributed by atoms with Gasteiger partial charge in [0.1, 0.15) is 5.82 Å². The summed E-state index contributed by atoms with van der Waals surface area (Å²) in [6.07, 6.45) is 1.09. The molecule has 0 saturated heterocycles. The molecule has 2 aromatic rings. The van der Waals surface area contributed by atoms with Crippen LogP contribution in [0.4, 0.5) is 5.82 Å². The van der Waals surface area contributed by atoms with Crippen molar-refractivity contribution in [1.82, 2.24) is 4.98 Å². The van der Waals surface area contributed by atoms with Gasteiger partial charge in [0.15, 0.2) is 0 Å². The average Bonchev–Trinajstić information content (AvgIpc) is 2.86. The molecular weight excluding hydrogens is 266 g/mol. The first-order chi connectivity index (χ1) is 8.78. The molecule has 0 amide bonds. The number of halogens is 1. The van der Waals surface area contributed by atoms with Gasteiger partial charge >= 0.3 is 0 Å². The zero-order valence-electron chi connectivity index (χ0n) is 9.90. The predicted octanol–water partition coefficient (Wildman–Crippen LogP) is 2.82. The average molecular weight is 280 g/mol. The van der Waals surface area contributed by atoms with Crippen LogP contribution >= 0.6 is 22.9 Å². The van der Waals surface area contributed by atoms with Gasteiger partial charge in [-0.05, 0) is 35.6 Å². The summed E-state index contributed by atoms with van der Waals surface area (Å²) in [6, 6.07) is 6.06. The second-order valence-electron chi connectivity index (χ2n) is 4.34. The number of nitrogens with two attached hydrogens (primary N) is 1. The maximum Gasteiger partial charge on any atom is 0.129 e. The summed E-state index contributed by atoms with van der Waals surface area (Å²) in [6.45, 7) is 2.31. The molecule has 0 aliphatic carbocycles. The molecule has 0 fully saturated rings. The van der Waals surface area contributed by atoms with Crippen molar-refractivity contribution in [2.24, 2.45) is 5.73 Å². The van der Waals surface area contributed by atoms with Gasteiger partial charge in [0.25, 0.3) is 0 Å². The minimum absolute atomic E-state index is 0.379. The third-order valence-electron chi connectivity index (χ3n) is 3.23. The van der Waals surface area contributed by atoms with Crippen molar-refractivity contribution < 1.29 is 0 Å². The standard InChI is InChI=1S/C13H14ClN3S/c14-10-1-2-13(16-11(10)7-15)17-5-3-12-9(8-17)4-6-18-12/h1-2,4,6H,3,5,7-8,15H2. The molecule has 2 aromatic heterocycles. The highest BCUT2D eigenvalue weighted by Crippen LogP contribution is 2.28. The monoisotopic (exact) mass is 279 g/mol. The van der Waals surface area contributed by atoms with Crippen molar-refractivity contribution in [3.05, 3.63) is 44.7 Å². The van der Waals surface area contributed by atoms with Crippen LogP contribution in [0, 0.1) is 0 Å². The highest BCUT2D eigenvalue weighted by Gasteiger charge is 2.18. The van der Waals surface area contributed by atoms with Crippen LogP contribution in [0.15, 0.2) is 23.6 Å². The number of hydrogen-bond acceptors (Lipinski definition) is 4. The lowest BCUT2D eigenvalue weighted by Crippen LogP contribution is -2.30. The van der Waals surface area contributed by atoms with Crippen LogP contribution < -0.4 is 10.6 Å². The van der Waals surface area contributed by atoms with E-state index in [0.717, 1.165) is 31.0 Å². The van der Waals surface area contributed by atoms with Crippen LogP contribution in [-0.2, 0) is 19.5 Å². The Bertz CT molecular complexity index is 567. The van der Waals surface area contributed by atoms with Crippen molar-refractivity contribution >= 4 is 28.8 Å². The van der Waals surface area contributed by atoms with Crippen molar-refractivity contribution in [1.29, 1.82) is 0 Å². The summed E-state index contributed by atoms with van der Waals surface area (Å²) in [5.41, 5.74) is 7.83. The Kier molecular flexibility index (Phi) is 3.24. The van der Waals surface area contributed by atoms with Gasteiger partial charge in [-0.3, -0.25) is 0 Å². The van der Waals surface area contributed by atoms with E-state index in [2.05, 4.69) is 21.3 Å². The van der Waals surface area contributed by atoms with Crippen LogP contribution in [0.1, 0.15) is 16.1 Å². The molecule has 1 aliphatic rings. The molecule has 5 heteroatoms. The summed E-state index contributed by atoms with van der Waals surface area (Å²) in [4.78, 5) is 8.33. The Hall–Kier alpha value is -1.10. The van der Waals surface area contributed by atoms with Gasteiger partial charge in [-0.2, -0.15) is 0 Å². The molecular formula is C13H14ClN3S. The first kappa shape index (κ1) is 12.0. The van der Waals surface area contributed by atoms with Gasteiger partial charge in [-0.1, -0.05) is 11.6 Å². The van der Waals surface area contributed by atoms with E-state index in [1.165, 1.54) is 10.4 Å². The van der Waals surface area contributed by atoms with E-state index < -0.39 is 0 Å². The van der Waals surface area contributed by atoms with Gasteiger partial charge in [-0.25, -0.2) is 4.98 Å². The number of fused-ring (bicyclic) bond motifs is 1. The molecule has 94 valence electrons. The number of rotatable bonds is 2. The minimum atomic E-state index is 0.379. The lowest BCUT2D eigenvalue weighted by molar-refractivity contribution is 0.728. The molecule has 0 unspecified atom stereocenters. The lowest BCUT2D eigenvalue weighted by atomic mass is 10.1. The molecule has 0 aromatic carbocycles. The number of pyridine rings is 1. The normalized spacial score (nSPS) is 14.7. The van der Waals surface area contributed by atoms with Crippen molar-refractivity contribution in [2.75, 3.05) is 11.4 Å². The SMILES string of the molecule is NCc1nc(N2CCc3sccc3C2)ccc1Cl. The molecule has 18 heavy (non-hydrogen) atoms. The topological polar surface area (TPSA) is 42.1 Å². The number of hydrogen-bond donors (Lipinski definition) is 1. The van der Waals surface area contributed by atoms with Gasteiger partial charge in [0.2, 0.25) is 0 Å². The van der Waals surface area contributed by atoms with Gasteiger partial charge in [-0.15, -0.1) is 11.3 Å². The highest BCUT2D eigenvalue weighted by atomic mass is 35.5. The van der Waals surface area contributed by atoms with E-state index in [0.29, 0.717) is 11.6 Å². The zero-order valence-corrected chi connectivity index (χ0v) is 11.5. The summed E-state index contributed by atoms with van der Waals surface area (Å²) < 4.78 is 0. The molecule has 0 atom stereocenters. The Balaban J connectivity index is 1.88. The van der Waals surface area contributed by atoms with E-state index in [4.69, 9.17) is 17.3 Å². The summed E-state index contributed by atoms with van der Waals surface area (Å²) >= 11 is 7.88. The Morgan fingerprint density at radius 2 is 2.28 bits per heavy atom. The fraction of sp³-hybridized carbons (Fsp3) is 0.308. The maximum absolute atomic E-state index is 6.04. The lowest BCUT2D eigenvalue weighted by Gasteiger charge is -2.28. The van der Waals surface area contributed by atoms with Crippen LogP contribution in [0.3, 0.4) is 0 Å². The Morgan fingerprint density at radius 1 is 1.39 bits per heavy atom. The van der Waals surface area contributed by atoms with E-state index >= 15 is 0 Å². The van der Waals surface area contributed by atoms with Crippen LogP contribution in [0.25, 0.3) is 0 Å². The van der Waals surface area contributed by atoms with Gasteiger partial charge in [0, 0.05) is 24.5 Å². The molecule has 2 N–H and O–H groups in total. The van der Waals surface area contributed by atoms with Crippen molar-refractivity contribution in [3.8, 4) is 0 Å². The summed E-state index contributed by atoms with van der Waals surface area (Å²) in [5, 5.41) is 2.81. The zero-order chi connectivity index (χ0) is 12.5. The second kappa shape index (κ2) is 4.88. The number of anilines is 1. The Morgan fingerprint density at radius 3 is 3.11 bits per heavy atom. The molecule has 3 nitrogen and oxygen atoms in total. The molecule has 0 radical (unpaired) electrons. The van der Waals surface area contributed by atoms with Crippen LogP contribution in [-0.4, -0.2) is 11.5 Å². The predicted molar refractivity (Wildman–Crippen MR) is 76.2 cm³/mol. The molecule has 0 spiro atoms. The number of nitrogens with zero attached hydrogens (tertiary/aromatic N) is 2. The Labute approximate surface area is 115 Å². The number of aromatic nitrogens is 1. The maximum atomic E-state index is 6.04. The third kappa shape index (κ3) is 2.11. The first-order valence-corrected chi connectivity index (χ1v) is 7.19. The van der Waals surface area contributed by atoms with Gasteiger partial charge in [0.05, 0.1) is 10.7 Å². The second-order valence-corrected chi connectivity index (χ2v) is 5.75. The largest absolute Gasteiger partial charge is 0.352 e. The van der Waals surface area contributed by atoms with E-state index in [-0.39, 0.29) is 0 Å². The van der Waals surface area contributed by atoms with E-state index in [9.17, 15) is 0 Å². The number of thiophene rings is 1. The van der Waals surface area contributed by atoms with Crippen LogP contribution in [0.5, 0.6) is 0 Å². The van der Waals surface area contributed by atoms with E-state index in [1.54, 1.807) is 0 Å². The highest BCUT2D eigenvalue weighted by molar-refractivity contribution is 7.10. The van der Waals surface area contributed by atoms with Crippen molar-refractivity contribution in [2.45, 2.75) is 19.5 Å². The molecule has 3 rings (SSSR count). The molecule has 3 heterocycles. The molecule has 0 bridgehead atoms.